The number of rotatable bonds is 5. The van der Waals surface area contributed by atoms with Crippen molar-refractivity contribution in [2.75, 3.05) is 18.0 Å². The van der Waals surface area contributed by atoms with Gasteiger partial charge in [0.1, 0.15) is 5.01 Å². The molecule has 2 heterocycles. The van der Waals surface area contributed by atoms with Crippen LogP contribution in [0.4, 0.5) is 10.5 Å². The van der Waals surface area contributed by atoms with Crippen molar-refractivity contribution in [3.8, 4) is 6.07 Å². The van der Waals surface area contributed by atoms with Gasteiger partial charge in [-0.1, -0.05) is 19.1 Å². The van der Waals surface area contributed by atoms with Crippen LogP contribution in [-0.2, 0) is 6.42 Å². The van der Waals surface area contributed by atoms with E-state index >= 15 is 0 Å². The lowest BCUT2D eigenvalue weighted by Crippen LogP contribution is -2.27. The minimum atomic E-state index is -0.924. The van der Waals surface area contributed by atoms with Crippen molar-refractivity contribution in [1.82, 2.24) is 10.3 Å². The molecule has 3 rings (SSSR count). The SMILES string of the molecule is CCc1nc(C(C#N)C(=O)c2cccc(N3CCNC3=O)c2)sc1C. The Bertz CT molecular complexity index is 868. The van der Waals surface area contributed by atoms with Crippen molar-refractivity contribution < 1.29 is 9.59 Å². The number of nitriles is 1. The van der Waals surface area contributed by atoms with Crippen LogP contribution in [0.5, 0.6) is 0 Å². The monoisotopic (exact) mass is 354 g/mol. The van der Waals surface area contributed by atoms with Gasteiger partial charge in [0.05, 0.1) is 11.8 Å². The van der Waals surface area contributed by atoms with Gasteiger partial charge in [-0.3, -0.25) is 9.69 Å². The molecule has 0 aliphatic carbocycles. The van der Waals surface area contributed by atoms with Crippen LogP contribution in [0.2, 0.25) is 0 Å². The van der Waals surface area contributed by atoms with Crippen molar-refractivity contribution in [2.24, 2.45) is 0 Å². The van der Waals surface area contributed by atoms with Gasteiger partial charge >= 0.3 is 6.03 Å². The Hall–Kier alpha value is -2.72. The fourth-order valence-corrected chi connectivity index (χ4v) is 3.89. The number of urea groups is 1. The van der Waals surface area contributed by atoms with Gasteiger partial charge < -0.3 is 5.32 Å². The zero-order valence-corrected chi connectivity index (χ0v) is 14.9. The van der Waals surface area contributed by atoms with Crippen molar-refractivity contribution in [1.29, 1.82) is 5.26 Å². The van der Waals surface area contributed by atoms with Gasteiger partial charge in [-0.05, 0) is 25.5 Å². The minimum Gasteiger partial charge on any atom is -0.336 e. The molecule has 0 spiro atoms. The van der Waals surface area contributed by atoms with Crippen LogP contribution in [0.15, 0.2) is 24.3 Å². The zero-order chi connectivity index (χ0) is 18.0. The second-order valence-electron chi connectivity index (χ2n) is 5.77. The lowest BCUT2D eigenvalue weighted by atomic mass is 9.99. The fraction of sp³-hybridized carbons (Fsp3) is 0.333. The summed E-state index contributed by atoms with van der Waals surface area (Å²) in [7, 11) is 0. The number of aromatic nitrogens is 1. The first-order chi connectivity index (χ1) is 12.0. The van der Waals surface area contributed by atoms with Gasteiger partial charge in [0, 0.05) is 29.2 Å². The number of hydrogen-bond donors (Lipinski definition) is 1. The van der Waals surface area contributed by atoms with E-state index in [0.717, 1.165) is 17.0 Å². The van der Waals surface area contributed by atoms with Crippen molar-refractivity contribution in [2.45, 2.75) is 26.2 Å². The first-order valence-corrected chi connectivity index (χ1v) is 8.92. The predicted molar refractivity (Wildman–Crippen MR) is 96.1 cm³/mol. The summed E-state index contributed by atoms with van der Waals surface area (Å²) in [5.74, 6) is -1.22. The van der Waals surface area contributed by atoms with E-state index in [0.29, 0.717) is 29.3 Å². The molecular formula is C18H18N4O2S. The normalized spacial score (nSPS) is 14.9. The first kappa shape index (κ1) is 17.1. The number of amides is 2. The summed E-state index contributed by atoms with van der Waals surface area (Å²) in [6, 6.07) is 8.76. The molecule has 1 saturated heterocycles. The number of thiazole rings is 1. The van der Waals surface area contributed by atoms with Gasteiger partial charge in [-0.15, -0.1) is 11.3 Å². The van der Waals surface area contributed by atoms with Crippen LogP contribution in [-0.4, -0.2) is 29.9 Å². The van der Waals surface area contributed by atoms with Crippen molar-refractivity contribution >= 4 is 28.8 Å². The third kappa shape index (κ3) is 3.26. The molecule has 0 radical (unpaired) electrons. The summed E-state index contributed by atoms with van der Waals surface area (Å²) >= 11 is 1.40. The maximum absolute atomic E-state index is 12.9. The Morgan fingerprint density at radius 3 is 2.92 bits per heavy atom. The molecule has 0 saturated carbocycles. The average molecular weight is 354 g/mol. The molecule has 1 aromatic carbocycles. The molecule has 7 heteroatoms. The Kier molecular flexibility index (Phi) is 4.81. The third-order valence-corrected chi connectivity index (χ3v) is 5.26. The lowest BCUT2D eigenvalue weighted by Gasteiger charge is -2.15. The molecule has 1 unspecified atom stereocenters. The smallest absolute Gasteiger partial charge is 0.321 e. The number of nitrogens with one attached hydrogen (secondary N) is 1. The Morgan fingerprint density at radius 2 is 2.32 bits per heavy atom. The molecule has 2 aromatic rings. The molecule has 0 bridgehead atoms. The van der Waals surface area contributed by atoms with Crippen molar-refractivity contribution in [3.63, 3.8) is 0 Å². The van der Waals surface area contributed by atoms with Crippen LogP contribution in [0.25, 0.3) is 0 Å². The highest BCUT2D eigenvalue weighted by atomic mass is 32.1. The zero-order valence-electron chi connectivity index (χ0n) is 14.1. The predicted octanol–water partition coefficient (Wildman–Crippen LogP) is 3.03. The molecule has 25 heavy (non-hydrogen) atoms. The Balaban J connectivity index is 1.91. The summed E-state index contributed by atoms with van der Waals surface area (Å²) in [6.45, 7) is 5.09. The summed E-state index contributed by atoms with van der Waals surface area (Å²) in [6.07, 6.45) is 0.772. The van der Waals surface area contributed by atoms with E-state index in [4.69, 9.17) is 0 Å². The van der Waals surface area contributed by atoms with Crippen LogP contribution < -0.4 is 10.2 Å². The van der Waals surface area contributed by atoms with E-state index in [1.807, 2.05) is 13.8 Å². The van der Waals surface area contributed by atoms with Crippen LogP contribution in [0.3, 0.4) is 0 Å². The molecule has 1 aliphatic heterocycles. The maximum atomic E-state index is 12.9. The van der Waals surface area contributed by atoms with Crippen LogP contribution >= 0.6 is 11.3 Å². The summed E-state index contributed by atoms with van der Waals surface area (Å²) in [5, 5.41) is 12.8. The molecular weight excluding hydrogens is 336 g/mol. The second-order valence-corrected chi connectivity index (χ2v) is 7.00. The highest BCUT2D eigenvalue weighted by Crippen LogP contribution is 2.29. The second kappa shape index (κ2) is 7.03. The number of hydrogen-bond acceptors (Lipinski definition) is 5. The van der Waals surface area contributed by atoms with Crippen molar-refractivity contribution in [3.05, 3.63) is 45.4 Å². The summed E-state index contributed by atoms with van der Waals surface area (Å²) in [5.41, 5.74) is 1.99. The molecule has 128 valence electrons. The standard InChI is InChI=1S/C18H18N4O2S/c1-3-15-11(2)25-17(21-15)14(10-19)16(23)12-5-4-6-13(9-12)22-8-7-20-18(22)24/h4-6,9,14H,3,7-8H2,1-2H3,(H,20,24). The lowest BCUT2D eigenvalue weighted by molar-refractivity contribution is 0.0978. The van der Waals surface area contributed by atoms with Gasteiger partial charge in [-0.2, -0.15) is 5.26 Å². The minimum absolute atomic E-state index is 0.176. The van der Waals surface area contributed by atoms with Crippen LogP contribution in [0, 0.1) is 18.3 Å². The van der Waals surface area contributed by atoms with E-state index in [1.54, 1.807) is 29.2 Å². The topological polar surface area (TPSA) is 86.1 Å². The Labute approximate surface area is 150 Å². The summed E-state index contributed by atoms with van der Waals surface area (Å²) < 4.78 is 0. The fourth-order valence-electron chi connectivity index (χ4n) is 2.84. The van der Waals surface area contributed by atoms with E-state index in [2.05, 4.69) is 16.4 Å². The molecule has 1 aromatic heterocycles. The van der Waals surface area contributed by atoms with E-state index < -0.39 is 5.92 Å². The quantitative estimate of drug-likeness (QED) is 0.836. The van der Waals surface area contributed by atoms with Crippen LogP contribution in [0.1, 0.15) is 38.8 Å². The number of anilines is 1. The molecule has 1 atom stereocenters. The third-order valence-electron chi connectivity index (χ3n) is 4.18. The number of carbonyl (C=O) groups is 2. The number of aryl methyl sites for hydroxylation is 2. The largest absolute Gasteiger partial charge is 0.336 e. The molecule has 1 aliphatic rings. The van der Waals surface area contributed by atoms with E-state index in [-0.39, 0.29) is 11.8 Å². The van der Waals surface area contributed by atoms with E-state index in [1.165, 1.54) is 11.3 Å². The van der Waals surface area contributed by atoms with Gasteiger partial charge in [0.15, 0.2) is 11.7 Å². The summed E-state index contributed by atoms with van der Waals surface area (Å²) in [4.78, 5) is 31.7. The highest BCUT2D eigenvalue weighted by Gasteiger charge is 2.27. The molecule has 1 fully saturated rings. The number of carbonyl (C=O) groups excluding carboxylic acids is 2. The Morgan fingerprint density at radius 1 is 1.52 bits per heavy atom. The average Bonchev–Trinajstić information content (AvgIpc) is 3.21. The molecule has 6 nitrogen and oxygen atoms in total. The highest BCUT2D eigenvalue weighted by molar-refractivity contribution is 7.12. The molecule has 2 amide bonds. The van der Waals surface area contributed by atoms with Gasteiger partial charge in [0.2, 0.25) is 0 Å². The van der Waals surface area contributed by atoms with E-state index in [9.17, 15) is 14.9 Å². The number of ketones is 1. The maximum Gasteiger partial charge on any atom is 0.321 e. The number of nitrogens with zero attached hydrogens (tertiary/aromatic N) is 3. The first-order valence-electron chi connectivity index (χ1n) is 8.10. The molecule has 1 N–H and O–H groups in total. The number of benzene rings is 1. The number of Topliss-reactive ketones (excluding diaryl/α,β-unsaturated/α-hetero) is 1. The van der Waals surface area contributed by atoms with Gasteiger partial charge in [0.25, 0.3) is 0 Å². The van der Waals surface area contributed by atoms with Gasteiger partial charge in [-0.25, -0.2) is 9.78 Å².